The van der Waals surface area contributed by atoms with Crippen LogP contribution in [0.1, 0.15) is 46.5 Å². The lowest BCUT2D eigenvalue weighted by Gasteiger charge is -2.38. The van der Waals surface area contributed by atoms with E-state index in [1.165, 1.54) is 0 Å². The average molecular weight is 278 g/mol. The lowest BCUT2D eigenvalue weighted by atomic mass is 9.90. The summed E-state index contributed by atoms with van der Waals surface area (Å²) in [7, 11) is 0. The van der Waals surface area contributed by atoms with E-state index in [2.05, 4.69) is 16.3 Å². The van der Waals surface area contributed by atoms with Crippen molar-refractivity contribution in [3.05, 3.63) is 0 Å². The number of amides is 1. The molecule has 2 aliphatic rings. The van der Waals surface area contributed by atoms with E-state index in [0.717, 1.165) is 25.7 Å². The SMILES string of the molecule is CC(C)C(C)(C#N)NC(=O)CN1C2CCC1CC(N)C2. The van der Waals surface area contributed by atoms with E-state index in [9.17, 15) is 10.1 Å². The molecule has 5 heteroatoms. The van der Waals surface area contributed by atoms with Crippen molar-refractivity contribution in [2.45, 2.75) is 70.1 Å². The molecule has 5 nitrogen and oxygen atoms in total. The number of fused-ring (bicyclic) bond motifs is 2. The zero-order valence-corrected chi connectivity index (χ0v) is 12.7. The predicted octanol–water partition coefficient (Wildman–Crippen LogP) is 0.995. The number of carbonyl (C=O) groups is 1. The zero-order chi connectivity index (χ0) is 14.9. The standard InChI is InChI=1S/C15H26N4O/c1-10(2)15(3,9-16)18-14(20)8-19-12-4-5-13(19)7-11(17)6-12/h10-13H,4-8,17H2,1-3H3,(H,18,20). The maximum atomic E-state index is 12.3. The Hall–Kier alpha value is -1.12. The summed E-state index contributed by atoms with van der Waals surface area (Å²) in [6.45, 7) is 6.09. The first-order chi connectivity index (χ1) is 9.35. The smallest absolute Gasteiger partial charge is 0.235 e. The fraction of sp³-hybridized carbons (Fsp3) is 0.867. The van der Waals surface area contributed by atoms with Crippen molar-refractivity contribution < 1.29 is 4.79 Å². The molecular formula is C15H26N4O. The third-order valence-electron chi connectivity index (χ3n) is 5.03. The minimum absolute atomic E-state index is 0.0462. The van der Waals surface area contributed by atoms with Crippen LogP contribution >= 0.6 is 0 Å². The number of hydrogen-bond acceptors (Lipinski definition) is 4. The number of carbonyl (C=O) groups excluding carboxylic acids is 1. The highest BCUT2D eigenvalue weighted by atomic mass is 16.2. The van der Waals surface area contributed by atoms with Crippen LogP contribution in [0.15, 0.2) is 0 Å². The maximum absolute atomic E-state index is 12.3. The minimum atomic E-state index is -0.789. The predicted molar refractivity (Wildman–Crippen MR) is 77.7 cm³/mol. The monoisotopic (exact) mass is 278 g/mol. The summed E-state index contributed by atoms with van der Waals surface area (Å²) in [4.78, 5) is 14.5. The molecule has 1 amide bonds. The first-order valence-corrected chi connectivity index (χ1v) is 7.59. The molecule has 2 fully saturated rings. The van der Waals surface area contributed by atoms with Crippen LogP contribution < -0.4 is 11.1 Å². The summed E-state index contributed by atoms with van der Waals surface area (Å²) >= 11 is 0. The lowest BCUT2D eigenvalue weighted by Crippen LogP contribution is -2.55. The highest BCUT2D eigenvalue weighted by Gasteiger charge is 2.41. The van der Waals surface area contributed by atoms with Crippen LogP contribution in [-0.4, -0.2) is 41.0 Å². The van der Waals surface area contributed by atoms with Crippen molar-refractivity contribution >= 4 is 5.91 Å². The Morgan fingerprint density at radius 3 is 2.45 bits per heavy atom. The number of nitriles is 1. The van der Waals surface area contributed by atoms with Crippen molar-refractivity contribution in [3.63, 3.8) is 0 Å². The Bertz CT molecular complexity index is 403. The van der Waals surface area contributed by atoms with Gasteiger partial charge in [-0.05, 0) is 38.5 Å². The molecule has 2 aliphatic heterocycles. The molecule has 0 saturated carbocycles. The van der Waals surface area contributed by atoms with Crippen LogP contribution in [0.3, 0.4) is 0 Å². The number of nitrogens with zero attached hydrogens (tertiary/aromatic N) is 2. The molecule has 3 N–H and O–H groups in total. The van der Waals surface area contributed by atoms with Crippen molar-refractivity contribution in [2.24, 2.45) is 11.7 Å². The van der Waals surface area contributed by atoms with Gasteiger partial charge in [0.1, 0.15) is 5.54 Å². The van der Waals surface area contributed by atoms with Crippen molar-refractivity contribution in [1.82, 2.24) is 10.2 Å². The van der Waals surface area contributed by atoms with Crippen molar-refractivity contribution in [2.75, 3.05) is 6.54 Å². The molecule has 0 aliphatic carbocycles. The third kappa shape index (κ3) is 2.97. The molecule has 112 valence electrons. The minimum Gasteiger partial charge on any atom is -0.337 e. The van der Waals surface area contributed by atoms with Crippen LogP contribution in [0.5, 0.6) is 0 Å². The largest absolute Gasteiger partial charge is 0.337 e. The maximum Gasteiger partial charge on any atom is 0.235 e. The van der Waals surface area contributed by atoms with Gasteiger partial charge in [0.25, 0.3) is 0 Å². The number of hydrogen-bond donors (Lipinski definition) is 2. The molecule has 0 spiro atoms. The second kappa shape index (κ2) is 5.71. The third-order valence-corrected chi connectivity index (χ3v) is 5.03. The Balaban J connectivity index is 1.95. The van der Waals surface area contributed by atoms with Gasteiger partial charge in [0.15, 0.2) is 0 Å². The van der Waals surface area contributed by atoms with Crippen LogP contribution in [0.4, 0.5) is 0 Å². The molecule has 20 heavy (non-hydrogen) atoms. The van der Waals surface area contributed by atoms with E-state index in [-0.39, 0.29) is 17.9 Å². The highest BCUT2D eigenvalue weighted by Crippen LogP contribution is 2.34. The summed E-state index contributed by atoms with van der Waals surface area (Å²) in [5.74, 6) is 0.0399. The Labute approximate surface area is 121 Å². The van der Waals surface area contributed by atoms with Gasteiger partial charge in [-0.1, -0.05) is 13.8 Å². The van der Waals surface area contributed by atoms with Gasteiger partial charge in [-0.3, -0.25) is 9.69 Å². The topological polar surface area (TPSA) is 82.2 Å². The summed E-state index contributed by atoms with van der Waals surface area (Å²) in [5.41, 5.74) is 5.25. The molecule has 0 aromatic rings. The Morgan fingerprint density at radius 1 is 1.45 bits per heavy atom. The van der Waals surface area contributed by atoms with Gasteiger partial charge in [-0.25, -0.2) is 0 Å². The van der Waals surface area contributed by atoms with Gasteiger partial charge >= 0.3 is 0 Å². The van der Waals surface area contributed by atoms with E-state index in [0.29, 0.717) is 18.6 Å². The Morgan fingerprint density at radius 2 is 2.00 bits per heavy atom. The van der Waals surface area contributed by atoms with Gasteiger partial charge < -0.3 is 11.1 Å². The van der Waals surface area contributed by atoms with E-state index < -0.39 is 5.54 Å². The molecule has 2 heterocycles. The normalized spacial score (nSPS) is 32.7. The van der Waals surface area contributed by atoms with Crippen molar-refractivity contribution in [3.8, 4) is 6.07 Å². The van der Waals surface area contributed by atoms with Crippen LogP contribution in [0, 0.1) is 17.2 Å². The summed E-state index contributed by atoms with van der Waals surface area (Å²) < 4.78 is 0. The molecule has 0 aromatic carbocycles. The molecular weight excluding hydrogens is 252 g/mol. The van der Waals surface area contributed by atoms with Gasteiger partial charge in [-0.2, -0.15) is 5.26 Å². The fourth-order valence-corrected chi connectivity index (χ4v) is 3.37. The van der Waals surface area contributed by atoms with Crippen LogP contribution in [0.25, 0.3) is 0 Å². The number of rotatable bonds is 4. The Kier molecular flexibility index (Phi) is 4.36. The van der Waals surface area contributed by atoms with Gasteiger partial charge in [0.05, 0.1) is 12.6 Å². The molecule has 2 rings (SSSR count). The summed E-state index contributed by atoms with van der Waals surface area (Å²) in [6, 6.07) is 3.40. The van der Waals surface area contributed by atoms with Gasteiger partial charge in [0.2, 0.25) is 5.91 Å². The first kappa shape index (κ1) is 15.3. The first-order valence-electron chi connectivity index (χ1n) is 7.59. The molecule has 3 atom stereocenters. The van der Waals surface area contributed by atoms with E-state index in [4.69, 9.17) is 5.73 Å². The highest BCUT2D eigenvalue weighted by molar-refractivity contribution is 5.79. The number of nitrogens with one attached hydrogen (secondary N) is 1. The molecule has 2 saturated heterocycles. The van der Waals surface area contributed by atoms with Crippen molar-refractivity contribution in [1.29, 1.82) is 5.26 Å². The molecule has 0 aromatic heterocycles. The second-order valence-electron chi connectivity index (χ2n) is 6.81. The molecule has 3 unspecified atom stereocenters. The lowest BCUT2D eigenvalue weighted by molar-refractivity contribution is -0.125. The van der Waals surface area contributed by atoms with Crippen LogP contribution in [0.2, 0.25) is 0 Å². The zero-order valence-electron chi connectivity index (χ0n) is 12.7. The van der Waals surface area contributed by atoms with Gasteiger partial charge in [0, 0.05) is 18.1 Å². The average Bonchev–Trinajstić information content (AvgIpc) is 2.61. The van der Waals surface area contributed by atoms with Crippen LogP contribution in [-0.2, 0) is 4.79 Å². The molecule has 0 radical (unpaired) electrons. The molecule has 2 bridgehead atoms. The van der Waals surface area contributed by atoms with Gasteiger partial charge in [-0.15, -0.1) is 0 Å². The fourth-order valence-electron chi connectivity index (χ4n) is 3.37. The number of piperidine rings is 1. The van der Waals surface area contributed by atoms with E-state index in [1.54, 1.807) is 6.92 Å². The van der Waals surface area contributed by atoms with E-state index in [1.807, 2.05) is 13.8 Å². The summed E-state index contributed by atoms with van der Waals surface area (Å²) in [6.07, 6.45) is 4.27. The van der Waals surface area contributed by atoms with E-state index >= 15 is 0 Å². The second-order valence-corrected chi connectivity index (χ2v) is 6.81. The summed E-state index contributed by atoms with van der Waals surface area (Å²) in [5, 5.41) is 12.2. The number of nitrogens with two attached hydrogens (primary N) is 1. The quantitative estimate of drug-likeness (QED) is 0.803.